The summed E-state index contributed by atoms with van der Waals surface area (Å²) in [6.45, 7) is 0. The fraction of sp³-hybridized carbons (Fsp3) is 0. The van der Waals surface area contributed by atoms with Gasteiger partial charge in [-0.1, -0.05) is 34.9 Å². The van der Waals surface area contributed by atoms with Crippen molar-refractivity contribution in [3.8, 4) is 0 Å². The number of hydrogen-bond acceptors (Lipinski definition) is 5. The van der Waals surface area contributed by atoms with Crippen molar-refractivity contribution in [1.29, 1.82) is 0 Å². The third kappa shape index (κ3) is 2.43. The van der Waals surface area contributed by atoms with Crippen molar-refractivity contribution < 1.29 is 19.2 Å². The molecule has 0 atom stereocenters. The maximum Gasteiger partial charge on any atom is 0.364 e. The topological polar surface area (TPSA) is 76.6 Å². The molecule has 0 spiro atoms. The van der Waals surface area contributed by atoms with Crippen LogP contribution in [0.15, 0.2) is 54.7 Å². The van der Waals surface area contributed by atoms with Crippen molar-refractivity contribution in [1.82, 2.24) is 10.0 Å². The average molecular weight is 353 g/mol. The van der Waals surface area contributed by atoms with E-state index in [0.717, 1.165) is 0 Å². The van der Waals surface area contributed by atoms with Gasteiger partial charge >= 0.3 is 5.97 Å². The molecule has 7 heteroatoms. The normalized spacial score (nSPS) is 13.2. The van der Waals surface area contributed by atoms with Gasteiger partial charge in [-0.3, -0.25) is 14.6 Å². The van der Waals surface area contributed by atoms with Crippen molar-refractivity contribution in [2.75, 3.05) is 0 Å². The van der Waals surface area contributed by atoms with E-state index in [1.54, 1.807) is 30.3 Å². The number of pyridine rings is 1. The summed E-state index contributed by atoms with van der Waals surface area (Å²) in [5, 5.41) is 1.47. The molecule has 0 aliphatic carbocycles. The minimum Gasteiger partial charge on any atom is -0.324 e. The van der Waals surface area contributed by atoms with E-state index in [9.17, 15) is 14.4 Å². The fourth-order valence-corrected chi connectivity index (χ4v) is 2.85. The van der Waals surface area contributed by atoms with Crippen molar-refractivity contribution in [2.45, 2.75) is 0 Å². The van der Waals surface area contributed by atoms with Gasteiger partial charge in [0.2, 0.25) is 0 Å². The lowest BCUT2D eigenvalue weighted by Crippen LogP contribution is -2.32. The Morgan fingerprint density at radius 1 is 1.00 bits per heavy atom. The molecule has 0 unspecified atom stereocenters. The minimum absolute atomic E-state index is 0.179. The van der Waals surface area contributed by atoms with E-state index in [2.05, 4.69) is 4.98 Å². The summed E-state index contributed by atoms with van der Waals surface area (Å²) in [5.41, 5.74) is 1.08. The SMILES string of the molecule is O=C(ON1C(=O)c2ccccc2C1=O)c1ccnc2cc(Cl)ccc12. The second-order valence-corrected chi connectivity index (χ2v) is 5.79. The molecule has 6 nitrogen and oxygen atoms in total. The van der Waals surface area contributed by atoms with E-state index in [-0.39, 0.29) is 16.7 Å². The summed E-state index contributed by atoms with van der Waals surface area (Å²) < 4.78 is 0. The van der Waals surface area contributed by atoms with Gasteiger partial charge in [0.25, 0.3) is 11.8 Å². The van der Waals surface area contributed by atoms with E-state index in [4.69, 9.17) is 16.4 Å². The number of hydroxylamine groups is 2. The third-order valence-corrected chi connectivity index (χ3v) is 4.09. The summed E-state index contributed by atoms with van der Waals surface area (Å²) in [6.07, 6.45) is 1.43. The van der Waals surface area contributed by atoms with Crippen LogP contribution in [0.2, 0.25) is 5.02 Å². The highest BCUT2D eigenvalue weighted by Gasteiger charge is 2.38. The summed E-state index contributed by atoms with van der Waals surface area (Å²) in [5.74, 6) is -2.17. The van der Waals surface area contributed by atoms with Gasteiger partial charge in [-0.2, -0.15) is 0 Å². The molecule has 0 saturated carbocycles. The number of hydrogen-bond donors (Lipinski definition) is 0. The molecule has 1 aliphatic rings. The Hall–Kier alpha value is -3.25. The molecule has 0 N–H and O–H groups in total. The monoisotopic (exact) mass is 352 g/mol. The van der Waals surface area contributed by atoms with Gasteiger partial charge in [0.1, 0.15) is 0 Å². The number of carbonyl (C=O) groups excluding carboxylic acids is 3. The van der Waals surface area contributed by atoms with Crippen LogP contribution in [0.5, 0.6) is 0 Å². The first-order valence-electron chi connectivity index (χ1n) is 7.30. The van der Waals surface area contributed by atoms with Crippen molar-refractivity contribution in [3.05, 3.63) is 76.4 Å². The Balaban J connectivity index is 1.68. The largest absolute Gasteiger partial charge is 0.364 e. The number of amides is 2. The van der Waals surface area contributed by atoms with Gasteiger partial charge in [0.15, 0.2) is 0 Å². The molecule has 0 saturated heterocycles. The van der Waals surface area contributed by atoms with Crippen LogP contribution in [0, 0.1) is 0 Å². The van der Waals surface area contributed by atoms with Crippen LogP contribution in [-0.4, -0.2) is 27.8 Å². The summed E-state index contributed by atoms with van der Waals surface area (Å²) >= 11 is 5.92. The second kappa shape index (κ2) is 5.68. The van der Waals surface area contributed by atoms with Gasteiger partial charge in [0.05, 0.1) is 22.2 Å². The predicted octanol–water partition coefficient (Wildman–Crippen LogP) is 3.26. The maximum absolute atomic E-state index is 12.5. The lowest BCUT2D eigenvalue weighted by molar-refractivity contribution is -0.0583. The molecule has 0 radical (unpaired) electrons. The molecule has 4 rings (SSSR count). The number of aromatic nitrogens is 1. The number of halogens is 1. The van der Waals surface area contributed by atoms with E-state index in [0.29, 0.717) is 21.0 Å². The zero-order valence-electron chi connectivity index (χ0n) is 12.6. The molecular formula is C18H9ClN2O4. The Bertz CT molecular complexity index is 1030. The van der Waals surface area contributed by atoms with Gasteiger partial charge in [-0.05, 0) is 30.3 Å². The van der Waals surface area contributed by atoms with Crippen molar-refractivity contribution in [3.63, 3.8) is 0 Å². The van der Waals surface area contributed by atoms with Crippen LogP contribution < -0.4 is 0 Å². The summed E-state index contributed by atoms with van der Waals surface area (Å²) in [4.78, 5) is 46.3. The van der Waals surface area contributed by atoms with Gasteiger partial charge in [-0.15, -0.1) is 0 Å². The highest BCUT2D eigenvalue weighted by Crippen LogP contribution is 2.25. The highest BCUT2D eigenvalue weighted by atomic mass is 35.5. The van der Waals surface area contributed by atoms with E-state index in [1.807, 2.05) is 0 Å². The second-order valence-electron chi connectivity index (χ2n) is 5.35. The molecule has 2 aromatic carbocycles. The van der Waals surface area contributed by atoms with E-state index in [1.165, 1.54) is 24.4 Å². The van der Waals surface area contributed by atoms with Crippen molar-refractivity contribution >= 4 is 40.3 Å². The standard InChI is InChI=1S/C18H9ClN2O4/c19-10-5-6-11-14(7-8-20-15(11)9-10)18(24)25-21-16(22)12-3-1-2-4-13(12)17(21)23/h1-9H. The van der Waals surface area contributed by atoms with Gasteiger partial charge < -0.3 is 4.84 Å². The predicted molar refractivity (Wildman–Crippen MR) is 89.1 cm³/mol. The highest BCUT2D eigenvalue weighted by molar-refractivity contribution is 6.31. The first kappa shape index (κ1) is 15.3. The van der Waals surface area contributed by atoms with Crippen LogP contribution in [0.1, 0.15) is 31.1 Å². The fourth-order valence-electron chi connectivity index (χ4n) is 2.68. The summed E-state index contributed by atoms with van der Waals surface area (Å²) in [7, 11) is 0. The number of nitrogens with zero attached hydrogens (tertiary/aromatic N) is 2. The lowest BCUT2D eigenvalue weighted by Gasteiger charge is -2.13. The third-order valence-electron chi connectivity index (χ3n) is 3.86. The molecule has 3 aromatic rings. The number of benzene rings is 2. The van der Waals surface area contributed by atoms with E-state index >= 15 is 0 Å². The van der Waals surface area contributed by atoms with Gasteiger partial charge in [0, 0.05) is 16.6 Å². The van der Waals surface area contributed by atoms with Crippen LogP contribution >= 0.6 is 11.6 Å². The maximum atomic E-state index is 12.5. The molecule has 0 bridgehead atoms. The van der Waals surface area contributed by atoms with Crippen LogP contribution in [0.3, 0.4) is 0 Å². The molecule has 2 amide bonds. The molecule has 1 aromatic heterocycles. The lowest BCUT2D eigenvalue weighted by atomic mass is 10.1. The molecular weight excluding hydrogens is 344 g/mol. The number of imide groups is 1. The average Bonchev–Trinajstić information content (AvgIpc) is 2.86. The molecule has 2 heterocycles. The number of carbonyl (C=O) groups is 3. The van der Waals surface area contributed by atoms with E-state index < -0.39 is 17.8 Å². The Morgan fingerprint density at radius 2 is 1.68 bits per heavy atom. The molecule has 0 fully saturated rings. The van der Waals surface area contributed by atoms with Crippen LogP contribution in [0.25, 0.3) is 10.9 Å². The summed E-state index contributed by atoms with van der Waals surface area (Å²) in [6, 6.07) is 12.6. The number of rotatable bonds is 2. The zero-order chi connectivity index (χ0) is 17.6. The minimum atomic E-state index is -0.829. The zero-order valence-corrected chi connectivity index (χ0v) is 13.4. The molecule has 25 heavy (non-hydrogen) atoms. The molecule has 1 aliphatic heterocycles. The first-order chi connectivity index (χ1) is 12.1. The molecule has 122 valence electrons. The van der Waals surface area contributed by atoms with Crippen LogP contribution in [0.4, 0.5) is 0 Å². The number of fused-ring (bicyclic) bond motifs is 2. The van der Waals surface area contributed by atoms with Gasteiger partial charge in [-0.25, -0.2) is 4.79 Å². The Morgan fingerprint density at radius 3 is 2.36 bits per heavy atom. The Labute approximate surface area is 146 Å². The van der Waals surface area contributed by atoms with Crippen molar-refractivity contribution in [2.24, 2.45) is 0 Å². The van der Waals surface area contributed by atoms with Crippen LogP contribution in [-0.2, 0) is 4.84 Å². The Kier molecular flexibility index (Phi) is 3.47. The first-order valence-corrected chi connectivity index (χ1v) is 7.68. The smallest absolute Gasteiger partial charge is 0.324 e. The quantitative estimate of drug-likeness (QED) is 0.662.